The standard InChI is InChI=1S/C20H20N4O3/c1-13(14-6-8-16(26-2)9-7-14)24-12-15(11-18(24)25)19-22-20(27-23-19)17-5-3-4-10-21-17/h3-10,13,15H,11-12H2,1-2H3. The molecule has 138 valence electrons. The fourth-order valence-corrected chi connectivity index (χ4v) is 3.34. The largest absolute Gasteiger partial charge is 0.497 e. The Balaban J connectivity index is 1.49. The van der Waals surface area contributed by atoms with Gasteiger partial charge in [-0.15, -0.1) is 0 Å². The summed E-state index contributed by atoms with van der Waals surface area (Å²) < 4.78 is 10.5. The van der Waals surface area contributed by atoms with Crippen LogP contribution in [0.15, 0.2) is 53.2 Å². The topological polar surface area (TPSA) is 81.3 Å². The molecule has 2 atom stereocenters. The third-order valence-corrected chi connectivity index (χ3v) is 4.92. The van der Waals surface area contributed by atoms with E-state index in [4.69, 9.17) is 9.26 Å². The van der Waals surface area contributed by atoms with Gasteiger partial charge in [-0.1, -0.05) is 23.4 Å². The Kier molecular flexibility index (Phi) is 4.58. The van der Waals surface area contributed by atoms with Crippen LogP contribution in [0.25, 0.3) is 11.6 Å². The van der Waals surface area contributed by atoms with E-state index in [2.05, 4.69) is 15.1 Å². The van der Waals surface area contributed by atoms with Crippen molar-refractivity contribution in [2.24, 2.45) is 0 Å². The minimum absolute atomic E-state index is 0.0319. The summed E-state index contributed by atoms with van der Waals surface area (Å²) in [6.07, 6.45) is 2.05. The first kappa shape index (κ1) is 17.2. The summed E-state index contributed by atoms with van der Waals surface area (Å²) >= 11 is 0. The number of methoxy groups -OCH3 is 1. The number of hydrogen-bond acceptors (Lipinski definition) is 6. The summed E-state index contributed by atoms with van der Waals surface area (Å²) in [5.74, 6) is 1.73. The third kappa shape index (κ3) is 3.40. The molecule has 0 radical (unpaired) electrons. The number of aromatic nitrogens is 3. The minimum Gasteiger partial charge on any atom is -0.497 e. The average Bonchev–Trinajstić information content (AvgIpc) is 3.35. The zero-order chi connectivity index (χ0) is 18.8. The van der Waals surface area contributed by atoms with Crippen LogP contribution in [0.1, 0.15) is 36.7 Å². The van der Waals surface area contributed by atoms with Gasteiger partial charge < -0.3 is 14.2 Å². The number of nitrogens with zero attached hydrogens (tertiary/aromatic N) is 4. The average molecular weight is 364 g/mol. The molecule has 2 aromatic heterocycles. The van der Waals surface area contributed by atoms with Crippen LogP contribution in [-0.4, -0.2) is 39.6 Å². The van der Waals surface area contributed by atoms with Crippen LogP contribution in [0.5, 0.6) is 5.75 Å². The van der Waals surface area contributed by atoms with E-state index in [0.717, 1.165) is 11.3 Å². The van der Waals surface area contributed by atoms with Crippen molar-refractivity contribution in [3.05, 3.63) is 60.0 Å². The second-order valence-corrected chi connectivity index (χ2v) is 6.57. The van der Waals surface area contributed by atoms with E-state index in [9.17, 15) is 4.79 Å². The van der Waals surface area contributed by atoms with E-state index < -0.39 is 0 Å². The molecule has 0 N–H and O–H groups in total. The van der Waals surface area contributed by atoms with Gasteiger partial charge in [0.25, 0.3) is 5.89 Å². The first-order valence-corrected chi connectivity index (χ1v) is 8.84. The van der Waals surface area contributed by atoms with Gasteiger partial charge in [0.1, 0.15) is 11.4 Å². The number of hydrogen-bond donors (Lipinski definition) is 0. The van der Waals surface area contributed by atoms with Crippen LogP contribution in [-0.2, 0) is 4.79 Å². The summed E-state index contributed by atoms with van der Waals surface area (Å²) in [4.78, 5) is 23.1. The molecule has 27 heavy (non-hydrogen) atoms. The van der Waals surface area contributed by atoms with Crippen molar-refractivity contribution >= 4 is 5.91 Å². The van der Waals surface area contributed by atoms with Gasteiger partial charge in [0, 0.05) is 25.1 Å². The zero-order valence-corrected chi connectivity index (χ0v) is 15.2. The molecule has 0 spiro atoms. The molecule has 4 rings (SSSR count). The molecule has 3 aromatic rings. The van der Waals surface area contributed by atoms with Gasteiger partial charge >= 0.3 is 0 Å². The highest BCUT2D eigenvalue weighted by molar-refractivity contribution is 5.80. The van der Waals surface area contributed by atoms with Crippen molar-refractivity contribution in [3.8, 4) is 17.3 Å². The molecule has 0 saturated carbocycles. The number of likely N-dealkylation sites (tertiary alicyclic amines) is 1. The Morgan fingerprint density at radius 3 is 2.74 bits per heavy atom. The number of carbonyl (C=O) groups is 1. The number of rotatable bonds is 5. The molecule has 7 heteroatoms. The lowest BCUT2D eigenvalue weighted by atomic mass is 10.1. The van der Waals surface area contributed by atoms with Crippen LogP contribution in [0.4, 0.5) is 0 Å². The van der Waals surface area contributed by atoms with E-state index in [1.165, 1.54) is 0 Å². The van der Waals surface area contributed by atoms with E-state index in [1.807, 2.05) is 54.3 Å². The molecular formula is C20H20N4O3. The molecule has 1 saturated heterocycles. The smallest absolute Gasteiger partial charge is 0.276 e. The van der Waals surface area contributed by atoms with Gasteiger partial charge in [-0.05, 0) is 36.8 Å². The quantitative estimate of drug-likeness (QED) is 0.691. The van der Waals surface area contributed by atoms with Crippen LogP contribution in [0.3, 0.4) is 0 Å². The second-order valence-electron chi connectivity index (χ2n) is 6.57. The highest BCUT2D eigenvalue weighted by Crippen LogP contribution is 2.33. The van der Waals surface area contributed by atoms with Crippen molar-refractivity contribution < 1.29 is 14.1 Å². The molecule has 2 unspecified atom stereocenters. The van der Waals surface area contributed by atoms with Gasteiger partial charge in [0.2, 0.25) is 5.91 Å². The van der Waals surface area contributed by atoms with Gasteiger partial charge in [-0.2, -0.15) is 4.98 Å². The van der Waals surface area contributed by atoms with E-state index in [-0.39, 0.29) is 17.9 Å². The summed E-state index contributed by atoms with van der Waals surface area (Å²) in [6.45, 7) is 2.59. The molecule has 1 fully saturated rings. The SMILES string of the molecule is COc1ccc(C(C)N2CC(c3noc(-c4ccccn4)n3)CC2=O)cc1. The Labute approximate surface area is 157 Å². The van der Waals surface area contributed by atoms with Crippen molar-refractivity contribution in [2.75, 3.05) is 13.7 Å². The lowest BCUT2D eigenvalue weighted by Gasteiger charge is -2.25. The number of pyridine rings is 1. The molecule has 1 aromatic carbocycles. The second kappa shape index (κ2) is 7.19. The van der Waals surface area contributed by atoms with E-state index >= 15 is 0 Å². The van der Waals surface area contributed by atoms with Gasteiger partial charge in [-0.25, -0.2) is 0 Å². The minimum atomic E-state index is -0.0839. The molecule has 0 aliphatic carbocycles. The summed E-state index contributed by atoms with van der Waals surface area (Å²) in [5, 5.41) is 4.08. The molecule has 0 bridgehead atoms. The van der Waals surface area contributed by atoms with Crippen LogP contribution >= 0.6 is 0 Å². The predicted molar refractivity (Wildman–Crippen MR) is 98.0 cm³/mol. The van der Waals surface area contributed by atoms with Gasteiger partial charge in [-0.3, -0.25) is 9.78 Å². The van der Waals surface area contributed by atoms with Crippen molar-refractivity contribution in [1.29, 1.82) is 0 Å². The van der Waals surface area contributed by atoms with Gasteiger partial charge in [0.15, 0.2) is 5.82 Å². The Hall–Kier alpha value is -3.22. The van der Waals surface area contributed by atoms with Crippen molar-refractivity contribution in [3.63, 3.8) is 0 Å². The number of amides is 1. The normalized spacial score (nSPS) is 17.9. The molecule has 1 aliphatic heterocycles. The highest BCUT2D eigenvalue weighted by Gasteiger charge is 2.36. The maximum Gasteiger partial charge on any atom is 0.276 e. The lowest BCUT2D eigenvalue weighted by Crippen LogP contribution is -2.28. The predicted octanol–water partition coefficient (Wildman–Crippen LogP) is 3.22. The fourth-order valence-electron chi connectivity index (χ4n) is 3.34. The number of carbonyl (C=O) groups excluding carboxylic acids is 1. The van der Waals surface area contributed by atoms with Crippen molar-refractivity contribution in [2.45, 2.75) is 25.3 Å². The first-order chi connectivity index (χ1) is 13.2. The number of ether oxygens (including phenoxy) is 1. The Bertz CT molecular complexity index is 924. The molecule has 3 heterocycles. The zero-order valence-electron chi connectivity index (χ0n) is 15.2. The summed E-state index contributed by atoms with van der Waals surface area (Å²) in [6, 6.07) is 13.3. The van der Waals surface area contributed by atoms with Crippen molar-refractivity contribution in [1.82, 2.24) is 20.0 Å². The molecule has 1 amide bonds. The Morgan fingerprint density at radius 1 is 1.22 bits per heavy atom. The third-order valence-electron chi connectivity index (χ3n) is 4.92. The monoisotopic (exact) mass is 364 g/mol. The van der Waals surface area contributed by atoms with Crippen LogP contribution < -0.4 is 4.74 Å². The first-order valence-electron chi connectivity index (χ1n) is 8.84. The maximum absolute atomic E-state index is 12.6. The van der Waals surface area contributed by atoms with Gasteiger partial charge in [0.05, 0.1) is 13.2 Å². The molecular weight excluding hydrogens is 344 g/mol. The lowest BCUT2D eigenvalue weighted by molar-refractivity contribution is -0.129. The Morgan fingerprint density at radius 2 is 2.04 bits per heavy atom. The maximum atomic E-state index is 12.6. The fraction of sp³-hybridized carbons (Fsp3) is 0.300. The van der Waals surface area contributed by atoms with E-state index in [0.29, 0.717) is 30.4 Å². The summed E-state index contributed by atoms with van der Waals surface area (Å²) in [5.41, 5.74) is 1.69. The summed E-state index contributed by atoms with van der Waals surface area (Å²) in [7, 11) is 1.64. The van der Waals surface area contributed by atoms with Crippen LogP contribution in [0.2, 0.25) is 0 Å². The van der Waals surface area contributed by atoms with E-state index in [1.54, 1.807) is 13.3 Å². The molecule has 1 aliphatic rings. The highest BCUT2D eigenvalue weighted by atomic mass is 16.5. The molecule has 7 nitrogen and oxygen atoms in total. The number of benzene rings is 1. The van der Waals surface area contributed by atoms with Crippen LogP contribution in [0, 0.1) is 0 Å².